The van der Waals surface area contributed by atoms with Crippen LogP contribution in [0.4, 0.5) is 14.5 Å². The zero-order valence-electron chi connectivity index (χ0n) is 14.9. The van der Waals surface area contributed by atoms with Crippen LogP contribution in [-0.2, 0) is 0 Å². The number of ether oxygens (including phenoxy) is 1. The fraction of sp³-hybridized carbons (Fsp3) is 0.211. The van der Waals surface area contributed by atoms with Gasteiger partial charge in [0.15, 0.2) is 6.19 Å². The maximum absolute atomic E-state index is 12.4. The molecule has 0 fully saturated rings. The van der Waals surface area contributed by atoms with Gasteiger partial charge in [-0.25, -0.2) is 10.0 Å². The number of guanidine groups is 1. The van der Waals surface area contributed by atoms with E-state index in [4.69, 9.17) is 16.9 Å². The second-order valence-corrected chi connectivity index (χ2v) is 6.34. The first-order valence-corrected chi connectivity index (χ1v) is 8.74. The molecule has 144 valence electrons. The fourth-order valence-corrected chi connectivity index (χ4v) is 2.81. The van der Waals surface area contributed by atoms with E-state index in [0.717, 1.165) is 16.8 Å². The SMILES string of the molecule is Cc1cc(C2=NN(C(=Nc3cccc(OC(F)F)c3)NC#N)CC2)ccc1Cl. The summed E-state index contributed by atoms with van der Waals surface area (Å²) >= 11 is 6.07. The van der Waals surface area contributed by atoms with Crippen molar-refractivity contribution in [2.24, 2.45) is 10.1 Å². The molecule has 9 heteroatoms. The molecule has 1 aliphatic heterocycles. The number of nitriles is 1. The summed E-state index contributed by atoms with van der Waals surface area (Å²) in [6.45, 7) is -0.500. The molecule has 1 aliphatic rings. The third-order valence-corrected chi connectivity index (χ3v) is 4.41. The Hall–Kier alpha value is -3.18. The van der Waals surface area contributed by atoms with E-state index in [1.54, 1.807) is 11.1 Å². The molecule has 0 unspecified atom stereocenters. The number of hydrogen-bond acceptors (Lipinski definition) is 4. The van der Waals surface area contributed by atoms with Gasteiger partial charge in [0.2, 0.25) is 5.96 Å². The Morgan fingerprint density at radius 3 is 2.89 bits per heavy atom. The number of halogens is 3. The smallest absolute Gasteiger partial charge is 0.387 e. The van der Waals surface area contributed by atoms with Crippen molar-refractivity contribution in [2.45, 2.75) is 20.0 Å². The van der Waals surface area contributed by atoms with Crippen molar-refractivity contribution < 1.29 is 13.5 Å². The van der Waals surface area contributed by atoms with Crippen LogP contribution in [0.5, 0.6) is 5.75 Å². The van der Waals surface area contributed by atoms with Gasteiger partial charge >= 0.3 is 6.61 Å². The van der Waals surface area contributed by atoms with Crippen molar-refractivity contribution in [3.63, 3.8) is 0 Å². The van der Waals surface area contributed by atoms with Crippen LogP contribution in [0, 0.1) is 18.4 Å². The lowest BCUT2D eigenvalue weighted by Gasteiger charge is -2.14. The van der Waals surface area contributed by atoms with E-state index < -0.39 is 6.61 Å². The molecule has 0 bridgehead atoms. The Labute approximate surface area is 165 Å². The van der Waals surface area contributed by atoms with Crippen LogP contribution in [-0.4, -0.2) is 29.8 Å². The normalized spacial score (nSPS) is 14.1. The predicted octanol–water partition coefficient (Wildman–Crippen LogP) is 4.42. The summed E-state index contributed by atoms with van der Waals surface area (Å²) < 4.78 is 29.2. The summed E-state index contributed by atoms with van der Waals surface area (Å²) in [6.07, 6.45) is 2.48. The van der Waals surface area contributed by atoms with Gasteiger partial charge in [-0.2, -0.15) is 19.1 Å². The van der Waals surface area contributed by atoms with Gasteiger partial charge in [0.25, 0.3) is 0 Å². The van der Waals surface area contributed by atoms with E-state index in [1.807, 2.05) is 31.3 Å². The van der Waals surface area contributed by atoms with Crippen molar-refractivity contribution in [3.05, 3.63) is 58.6 Å². The molecule has 1 N–H and O–H groups in total. The van der Waals surface area contributed by atoms with Gasteiger partial charge in [0.05, 0.1) is 17.9 Å². The van der Waals surface area contributed by atoms with Gasteiger partial charge in [-0.05, 0) is 42.3 Å². The maximum atomic E-state index is 12.4. The molecule has 0 spiro atoms. The molecule has 6 nitrogen and oxygen atoms in total. The topological polar surface area (TPSA) is 73.0 Å². The van der Waals surface area contributed by atoms with E-state index in [2.05, 4.69) is 20.1 Å². The molecule has 3 rings (SSSR count). The highest BCUT2D eigenvalue weighted by molar-refractivity contribution is 6.31. The van der Waals surface area contributed by atoms with Gasteiger partial charge < -0.3 is 4.74 Å². The Morgan fingerprint density at radius 2 is 2.18 bits per heavy atom. The minimum atomic E-state index is -2.93. The molecule has 0 aliphatic carbocycles. The van der Waals surface area contributed by atoms with Crippen LogP contribution in [0.2, 0.25) is 5.02 Å². The Bertz CT molecular complexity index is 971. The molecule has 2 aromatic rings. The zero-order chi connectivity index (χ0) is 20.1. The van der Waals surface area contributed by atoms with E-state index in [1.165, 1.54) is 18.2 Å². The van der Waals surface area contributed by atoms with Crippen molar-refractivity contribution in [2.75, 3.05) is 6.54 Å². The largest absolute Gasteiger partial charge is 0.435 e. The standard InChI is InChI=1S/C19H16ClF2N5O/c1-12-9-13(5-6-16(12)20)17-7-8-27(26-17)19(24-11-23)25-14-3-2-4-15(10-14)28-18(21)22/h2-6,9-10,18H,7-8H2,1H3,(H,24,25). The number of aryl methyl sites for hydroxylation is 1. The quantitative estimate of drug-likeness (QED) is 0.355. The highest BCUT2D eigenvalue weighted by Crippen LogP contribution is 2.23. The van der Waals surface area contributed by atoms with Crippen molar-refractivity contribution in [1.29, 1.82) is 5.26 Å². The summed E-state index contributed by atoms with van der Waals surface area (Å²) in [5, 5.41) is 18.3. The van der Waals surface area contributed by atoms with E-state index >= 15 is 0 Å². The third kappa shape index (κ3) is 4.75. The first kappa shape index (κ1) is 19.6. The number of hydrazone groups is 1. The second-order valence-electron chi connectivity index (χ2n) is 5.93. The molecule has 28 heavy (non-hydrogen) atoms. The highest BCUT2D eigenvalue weighted by atomic mass is 35.5. The van der Waals surface area contributed by atoms with E-state index in [-0.39, 0.29) is 11.7 Å². The Kier molecular flexibility index (Phi) is 6.06. The molecule has 0 atom stereocenters. The minimum absolute atomic E-state index is 0.0187. The molecule has 1 heterocycles. The molecule has 0 amide bonds. The lowest BCUT2D eigenvalue weighted by atomic mass is 10.1. The summed E-state index contributed by atoms with van der Waals surface area (Å²) in [5.41, 5.74) is 3.07. The molecule has 0 saturated heterocycles. The number of rotatable bonds is 4. The molecule has 0 radical (unpaired) electrons. The highest BCUT2D eigenvalue weighted by Gasteiger charge is 2.21. The third-order valence-electron chi connectivity index (χ3n) is 3.98. The summed E-state index contributed by atoms with van der Waals surface area (Å²) in [7, 11) is 0. The van der Waals surface area contributed by atoms with Crippen LogP contribution in [0.25, 0.3) is 0 Å². The lowest BCUT2D eigenvalue weighted by molar-refractivity contribution is -0.0498. The van der Waals surface area contributed by atoms with Gasteiger partial charge in [-0.3, -0.25) is 5.32 Å². The molecule has 0 saturated carbocycles. The Balaban J connectivity index is 1.86. The van der Waals surface area contributed by atoms with Gasteiger partial charge in [0.1, 0.15) is 5.75 Å². The van der Waals surface area contributed by atoms with Gasteiger partial charge in [-0.1, -0.05) is 23.7 Å². The fourth-order valence-electron chi connectivity index (χ4n) is 2.69. The summed E-state index contributed by atoms with van der Waals surface area (Å²) in [4.78, 5) is 4.31. The lowest BCUT2D eigenvalue weighted by Crippen LogP contribution is -2.34. The van der Waals surface area contributed by atoms with Crippen LogP contribution < -0.4 is 10.1 Å². The first-order valence-electron chi connectivity index (χ1n) is 8.36. The zero-order valence-corrected chi connectivity index (χ0v) is 15.6. The van der Waals surface area contributed by atoms with Crippen LogP contribution >= 0.6 is 11.6 Å². The number of nitrogens with one attached hydrogen (secondary N) is 1. The van der Waals surface area contributed by atoms with Gasteiger partial charge in [-0.15, -0.1) is 0 Å². The van der Waals surface area contributed by atoms with Crippen LogP contribution in [0.15, 0.2) is 52.6 Å². The number of benzene rings is 2. The van der Waals surface area contributed by atoms with Crippen molar-refractivity contribution >= 4 is 29.0 Å². The van der Waals surface area contributed by atoms with E-state index in [0.29, 0.717) is 23.7 Å². The second kappa shape index (κ2) is 8.67. The number of hydrogen-bond donors (Lipinski definition) is 1. The molecule has 2 aromatic carbocycles. The number of aliphatic imine (C=N–C) groups is 1. The number of nitrogens with zero attached hydrogens (tertiary/aromatic N) is 4. The first-order chi connectivity index (χ1) is 13.5. The minimum Gasteiger partial charge on any atom is -0.435 e. The average Bonchev–Trinajstić information content (AvgIpc) is 3.13. The molecule has 0 aromatic heterocycles. The summed E-state index contributed by atoms with van der Waals surface area (Å²) in [5.74, 6) is 0.173. The van der Waals surface area contributed by atoms with E-state index in [9.17, 15) is 8.78 Å². The van der Waals surface area contributed by atoms with Crippen molar-refractivity contribution in [3.8, 4) is 11.9 Å². The average molecular weight is 404 g/mol. The molecular weight excluding hydrogens is 388 g/mol. The monoisotopic (exact) mass is 403 g/mol. The maximum Gasteiger partial charge on any atom is 0.387 e. The van der Waals surface area contributed by atoms with Crippen molar-refractivity contribution in [1.82, 2.24) is 10.3 Å². The summed E-state index contributed by atoms with van der Waals surface area (Å²) in [6, 6.07) is 11.6. The van der Waals surface area contributed by atoms with Crippen LogP contribution in [0.1, 0.15) is 17.5 Å². The van der Waals surface area contributed by atoms with Crippen LogP contribution in [0.3, 0.4) is 0 Å². The predicted molar refractivity (Wildman–Crippen MR) is 103 cm³/mol. The van der Waals surface area contributed by atoms with Gasteiger partial charge in [0, 0.05) is 17.5 Å². The molecular formula is C19H16ClF2N5O. The Morgan fingerprint density at radius 1 is 1.36 bits per heavy atom. The number of alkyl halides is 2.